The number of Topliss-reactive ketones (excluding diaryl/α,β-unsaturated/α-hetero) is 1. The van der Waals surface area contributed by atoms with Crippen LogP contribution in [0.15, 0.2) is 22.7 Å². The molecule has 0 atom stereocenters. The number of thioether (sulfide) groups is 1. The smallest absolute Gasteiger partial charge is 0.163 e. The van der Waals surface area contributed by atoms with E-state index in [1.165, 1.54) is 24.3 Å². The van der Waals surface area contributed by atoms with E-state index >= 15 is 0 Å². The van der Waals surface area contributed by atoms with Gasteiger partial charge in [0.2, 0.25) is 0 Å². The summed E-state index contributed by atoms with van der Waals surface area (Å²) in [6.07, 6.45) is 3.02. The monoisotopic (exact) mass is 332 g/mol. The van der Waals surface area contributed by atoms with E-state index in [4.69, 9.17) is 11.6 Å². The summed E-state index contributed by atoms with van der Waals surface area (Å²) in [7, 11) is 0. The largest absolute Gasteiger partial charge is 0.294 e. The molecule has 0 saturated carbocycles. The Bertz CT molecular complexity index is 416. The van der Waals surface area contributed by atoms with Crippen LogP contribution in [0.25, 0.3) is 0 Å². The van der Waals surface area contributed by atoms with Crippen LogP contribution in [-0.4, -0.2) is 17.3 Å². The first-order valence-electron chi connectivity index (χ1n) is 5.73. The van der Waals surface area contributed by atoms with Gasteiger partial charge in [0.1, 0.15) is 0 Å². The van der Waals surface area contributed by atoms with Gasteiger partial charge in [-0.15, -0.1) is 0 Å². The number of rotatable bonds is 3. The van der Waals surface area contributed by atoms with Gasteiger partial charge in [-0.25, -0.2) is 0 Å². The average molecular weight is 334 g/mol. The summed E-state index contributed by atoms with van der Waals surface area (Å²) in [5.41, 5.74) is 0.763. The van der Waals surface area contributed by atoms with E-state index in [9.17, 15) is 4.79 Å². The molecule has 1 saturated heterocycles. The highest BCUT2D eigenvalue weighted by Gasteiger charge is 2.18. The summed E-state index contributed by atoms with van der Waals surface area (Å²) in [5, 5.41) is 0.649. The Balaban J connectivity index is 2.01. The standard InChI is InChI=1S/C13H14BrClOS/c14-11-8-10(1-2-12(11)15)13(16)7-9-3-5-17-6-4-9/h1-2,8-9H,3-7H2. The lowest BCUT2D eigenvalue weighted by Gasteiger charge is -2.20. The molecule has 1 fully saturated rings. The van der Waals surface area contributed by atoms with E-state index in [0.717, 1.165) is 10.0 Å². The molecule has 0 aromatic heterocycles. The fourth-order valence-electron chi connectivity index (χ4n) is 2.00. The van der Waals surface area contributed by atoms with Crippen molar-refractivity contribution in [3.05, 3.63) is 33.3 Å². The van der Waals surface area contributed by atoms with Gasteiger partial charge in [-0.1, -0.05) is 11.6 Å². The van der Waals surface area contributed by atoms with Crippen molar-refractivity contribution >= 4 is 45.1 Å². The third-order valence-electron chi connectivity index (χ3n) is 3.06. The van der Waals surface area contributed by atoms with E-state index in [1.807, 2.05) is 23.9 Å². The van der Waals surface area contributed by atoms with Crippen LogP contribution in [0.2, 0.25) is 5.02 Å². The van der Waals surface area contributed by atoms with Gasteiger partial charge in [0.25, 0.3) is 0 Å². The second-order valence-electron chi connectivity index (χ2n) is 4.31. The van der Waals surface area contributed by atoms with Gasteiger partial charge >= 0.3 is 0 Å². The molecule has 0 unspecified atom stereocenters. The molecule has 1 aromatic rings. The fourth-order valence-corrected chi connectivity index (χ4v) is 3.70. The van der Waals surface area contributed by atoms with Crippen LogP contribution in [0.4, 0.5) is 0 Å². The van der Waals surface area contributed by atoms with E-state index in [2.05, 4.69) is 15.9 Å². The number of hydrogen-bond acceptors (Lipinski definition) is 2. The molecular formula is C13H14BrClOS. The first kappa shape index (κ1) is 13.4. The molecule has 0 N–H and O–H groups in total. The Labute approximate surface area is 119 Å². The first-order chi connectivity index (χ1) is 8.16. The molecule has 0 amide bonds. The van der Waals surface area contributed by atoms with Crippen LogP contribution in [-0.2, 0) is 0 Å². The Morgan fingerprint density at radius 2 is 2.12 bits per heavy atom. The van der Waals surface area contributed by atoms with Crippen molar-refractivity contribution in [2.75, 3.05) is 11.5 Å². The minimum absolute atomic E-state index is 0.235. The van der Waals surface area contributed by atoms with Crippen LogP contribution in [0, 0.1) is 5.92 Å². The van der Waals surface area contributed by atoms with Crippen molar-refractivity contribution in [1.82, 2.24) is 0 Å². The predicted octanol–water partition coefficient (Wildman–Crippen LogP) is 4.82. The Morgan fingerprint density at radius 3 is 2.76 bits per heavy atom. The summed E-state index contributed by atoms with van der Waals surface area (Å²) in [6.45, 7) is 0. The second kappa shape index (κ2) is 6.26. The van der Waals surface area contributed by atoms with Gasteiger partial charge in [-0.3, -0.25) is 4.79 Å². The maximum atomic E-state index is 12.1. The minimum atomic E-state index is 0.235. The summed E-state index contributed by atoms with van der Waals surface area (Å²) in [4.78, 5) is 12.1. The molecule has 1 aromatic carbocycles. The minimum Gasteiger partial charge on any atom is -0.294 e. The molecule has 0 radical (unpaired) electrons. The van der Waals surface area contributed by atoms with E-state index < -0.39 is 0 Å². The normalized spacial score (nSPS) is 17.1. The lowest BCUT2D eigenvalue weighted by Crippen LogP contribution is -2.14. The van der Waals surface area contributed by atoms with Gasteiger partial charge in [0.15, 0.2) is 5.78 Å². The Morgan fingerprint density at radius 1 is 1.41 bits per heavy atom. The molecule has 1 aliphatic rings. The van der Waals surface area contributed by atoms with Crippen LogP contribution in [0.5, 0.6) is 0 Å². The van der Waals surface area contributed by atoms with Crippen molar-refractivity contribution in [2.24, 2.45) is 5.92 Å². The lowest BCUT2D eigenvalue weighted by atomic mass is 9.93. The SMILES string of the molecule is O=C(CC1CCSCC1)c1ccc(Cl)c(Br)c1. The number of hydrogen-bond donors (Lipinski definition) is 0. The molecule has 0 bridgehead atoms. The quantitative estimate of drug-likeness (QED) is 0.738. The number of halogens is 2. The number of ketones is 1. The van der Waals surface area contributed by atoms with Crippen LogP contribution >= 0.6 is 39.3 Å². The summed E-state index contributed by atoms with van der Waals surface area (Å²) >= 11 is 11.3. The van der Waals surface area contributed by atoms with Crippen molar-refractivity contribution in [3.63, 3.8) is 0 Å². The third-order valence-corrected chi connectivity index (χ3v) is 5.32. The topological polar surface area (TPSA) is 17.1 Å². The maximum Gasteiger partial charge on any atom is 0.163 e. The van der Waals surface area contributed by atoms with Gasteiger partial charge in [-0.05, 0) is 64.4 Å². The molecule has 1 heterocycles. The molecule has 17 heavy (non-hydrogen) atoms. The van der Waals surface area contributed by atoms with E-state index in [0.29, 0.717) is 17.4 Å². The highest BCUT2D eigenvalue weighted by Crippen LogP contribution is 2.28. The van der Waals surface area contributed by atoms with Gasteiger partial charge in [0.05, 0.1) is 5.02 Å². The molecule has 0 aliphatic carbocycles. The average Bonchev–Trinajstić information content (AvgIpc) is 2.34. The third kappa shape index (κ3) is 3.73. The number of carbonyl (C=O) groups is 1. The van der Waals surface area contributed by atoms with Crippen molar-refractivity contribution in [3.8, 4) is 0 Å². The zero-order chi connectivity index (χ0) is 12.3. The van der Waals surface area contributed by atoms with Gasteiger partial charge in [-0.2, -0.15) is 11.8 Å². The summed E-state index contributed by atoms with van der Waals surface area (Å²) in [6, 6.07) is 5.41. The highest BCUT2D eigenvalue weighted by molar-refractivity contribution is 9.10. The van der Waals surface area contributed by atoms with Crippen molar-refractivity contribution in [1.29, 1.82) is 0 Å². The molecule has 1 nitrogen and oxygen atoms in total. The molecular weight excluding hydrogens is 320 g/mol. The molecule has 2 rings (SSSR count). The van der Waals surface area contributed by atoms with Gasteiger partial charge < -0.3 is 0 Å². The zero-order valence-corrected chi connectivity index (χ0v) is 12.6. The van der Waals surface area contributed by atoms with Crippen LogP contribution < -0.4 is 0 Å². The zero-order valence-electron chi connectivity index (χ0n) is 9.42. The highest BCUT2D eigenvalue weighted by atomic mass is 79.9. The number of carbonyl (C=O) groups excluding carboxylic acids is 1. The molecule has 0 spiro atoms. The first-order valence-corrected chi connectivity index (χ1v) is 8.05. The lowest BCUT2D eigenvalue weighted by molar-refractivity contribution is 0.0958. The van der Waals surface area contributed by atoms with Crippen LogP contribution in [0.1, 0.15) is 29.6 Å². The molecule has 92 valence electrons. The van der Waals surface area contributed by atoms with Crippen molar-refractivity contribution in [2.45, 2.75) is 19.3 Å². The predicted molar refractivity (Wildman–Crippen MR) is 78.1 cm³/mol. The van der Waals surface area contributed by atoms with E-state index in [1.54, 1.807) is 6.07 Å². The second-order valence-corrected chi connectivity index (χ2v) is 6.80. The van der Waals surface area contributed by atoms with Crippen LogP contribution in [0.3, 0.4) is 0 Å². The fraction of sp³-hybridized carbons (Fsp3) is 0.462. The van der Waals surface area contributed by atoms with Gasteiger partial charge in [0, 0.05) is 16.5 Å². The molecule has 4 heteroatoms. The summed E-state index contributed by atoms with van der Waals surface area (Å²) in [5.74, 6) is 3.20. The Kier molecular flexibility index (Phi) is 4.95. The maximum absolute atomic E-state index is 12.1. The van der Waals surface area contributed by atoms with Crippen molar-refractivity contribution < 1.29 is 4.79 Å². The Hall–Kier alpha value is 0.01000. The summed E-state index contributed by atoms with van der Waals surface area (Å²) < 4.78 is 0.796. The van der Waals surface area contributed by atoms with E-state index in [-0.39, 0.29) is 5.78 Å². The number of benzene rings is 1. The molecule has 1 aliphatic heterocycles.